The van der Waals surface area contributed by atoms with Gasteiger partial charge in [0.15, 0.2) is 0 Å². The first-order chi connectivity index (χ1) is 8.65. The molecule has 1 aromatic carbocycles. The Hall–Kier alpha value is -0.650. The molecule has 1 saturated carbocycles. The van der Waals surface area contributed by atoms with E-state index in [2.05, 4.69) is 21.2 Å². The zero-order valence-corrected chi connectivity index (χ0v) is 12.0. The second-order valence-corrected chi connectivity index (χ2v) is 5.14. The first kappa shape index (κ1) is 13.8. The van der Waals surface area contributed by atoms with E-state index >= 15 is 0 Å². The third-order valence-corrected chi connectivity index (χ3v) is 3.77. The number of nitrogens with one attached hydrogen (secondary N) is 1. The van der Waals surface area contributed by atoms with Crippen LogP contribution in [-0.2, 0) is 4.74 Å². The van der Waals surface area contributed by atoms with Crippen molar-refractivity contribution in [3.63, 3.8) is 0 Å². The normalized spacial score (nSPS) is 26.8. The lowest BCUT2D eigenvalue weighted by Gasteiger charge is -2.43. The van der Waals surface area contributed by atoms with Crippen LogP contribution in [0.3, 0.4) is 0 Å². The Bertz CT molecular complexity index is 416. The van der Waals surface area contributed by atoms with Gasteiger partial charge in [-0.05, 0) is 48.1 Å². The maximum absolute atomic E-state index is 13.1. The van der Waals surface area contributed by atoms with Gasteiger partial charge in [0.25, 0.3) is 0 Å². The van der Waals surface area contributed by atoms with Crippen LogP contribution in [-0.4, -0.2) is 31.9 Å². The average Bonchev–Trinajstić information content (AvgIpc) is 2.35. The molecule has 1 N–H and O–H groups in total. The Balaban J connectivity index is 1.99. The third kappa shape index (κ3) is 2.84. The van der Waals surface area contributed by atoms with Gasteiger partial charge in [-0.15, -0.1) is 0 Å². The van der Waals surface area contributed by atoms with E-state index < -0.39 is 0 Å². The maximum Gasteiger partial charge on any atom is 0.137 e. The Morgan fingerprint density at radius 3 is 2.89 bits per heavy atom. The SMILES string of the molecule is CCOC1C(NC)CC1Oc1ccc(F)c(Br)c1. The number of halogens is 2. The van der Waals surface area contributed by atoms with E-state index in [1.807, 2.05) is 14.0 Å². The molecule has 0 saturated heterocycles. The van der Waals surface area contributed by atoms with E-state index in [9.17, 15) is 4.39 Å². The molecule has 0 aliphatic heterocycles. The lowest BCUT2D eigenvalue weighted by atomic mass is 9.85. The summed E-state index contributed by atoms with van der Waals surface area (Å²) in [5, 5.41) is 3.20. The topological polar surface area (TPSA) is 30.5 Å². The summed E-state index contributed by atoms with van der Waals surface area (Å²) in [7, 11) is 1.92. The van der Waals surface area contributed by atoms with Gasteiger partial charge in [0.2, 0.25) is 0 Å². The molecule has 5 heteroatoms. The summed E-state index contributed by atoms with van der Waals surface area (Å²) in [5.74, 6) is 0.373. The number of likely N-dealkylation sites (N-methyl/N-ethyl adjacent to an activating group) is 1. The molecule has 1 fully saturated rings. The predicted octanol–water partition coefficient (Wildman–Crippen LogP) is 2.73. The van der Waals surface area contributed by atoms with E-state index in [1.165, 1.54) is 6.07 Å². The fraction of sp³-hybridized carbons (Fsp3) is 0.538. The van der Waals surface area contributed by atoms with Crippen molar-refractivity contribution in [2.24, 2.45) is 0 Å². The van der Waals surface area contributed by atoms with Gasteiger partial charge in [-0.25, -0.2) is 4.39 Å². The molecule has 100 valence electrons. The summed E-state index contributed by atoms with van der Waals surface area (Å²) < 4.78 is 25.0. The lowest BCUT2D eigenvalue weighted by Crippen LogP contribution is -2.60. The van der Waals surface area contributed by atoms with Crippen LogP contribution < -0.4 is 10.1 Å². The summed E-state index contributed by atoms with van der Waals surface area (Å²) in [6, 6.07) is 5.00. The predicted molar refractivity (Wildman–Crippen MR) is 71.4 cm³/mol. The van der Waals surface area contributed by atoms with Crippen molar-refractivity contribution in [2.45, 2.75) is 31.6 Å². The maximum atomic E-state index is 13.1. The van der Waals surface area contributed by atoms with Crippen molar-refractivity contribution < 1.29 is 13.9 Å². The highest BCUT2D eigenvalue weighted by atomic mass is 79.9. The molecule has 3 unspecified atom stereocenters. The number of ether oxygens (including phenoxy) is 2. The van der Waals surface area contributed by atoms with Crippen LogP contribution in [0.5, 0.6) is 5.75 Å². The van der Waals surface area contributed by atoms with Gasteiger partial charge in [-0.3, -0.25) is 0 Å². The zero-order valence-electron chi connectivity index (χ0n) is 10.5. The van der Waals surface area contributed by atoms with Gasteiger partial charge < -0.3 is 14.8 Å². The van der Waals surface area contributed by atoms with Gasteiger partial charge in [0, 0.05) is 19.1 Å². The van der Waals surface area contributed by atoms with Crippen LogP contribution in [0.4, 0.5) is 4.39 Å². The van der Waals surface area contributed by atoms with Crippen LogP contribution >= 0.6 is 15.9 Å². The van der Waals surface area contributed by atoms with Gasteiger partial charge in [0.1, 0.15) is 23.8 Å². The number of hydrogen-bond donors (Lipinski definition) is 1. The van der Waals surface area contributed by atoms with E-state index in [4.69, 9.17) is 9.47 Å². The smallest absolute Gasteiger partial charge is 0.137 e. The Morgan fingerprint density at radius 1 is 1.50 bits per heavy atom. The molecule has 0 amide bonds. The van der Waals surface area contributed by atoms with Crippen molar-refractivity contribution in [2.75, 3.05) is 13.7 Å². The van der Waals surface area contributed by atoms with Crippen molar-refractivity contribution in [1.82, 2.24) is 5.32 Å². The van der Waals surface area contributed by atoms with Crippen LogP contribution in [0, 0.1) is 5.82 Å². The van der Waals surface area contributed by atoms with E-state index in [0.29, 0.717) is 22.9 Å². The molecule has 0 aromatic heterocycles. The van der Waals surface area contributed by atoms with Gasteiger partial charge in [-0.1, -0.05) is 0 Å². The van der Waals surface area contributed by atoms with Crippen molar-refractivity contribution in [1.29, 1.82) is 0 Å². The molecule has 3 nitrogen and oxygen atoms in total. The monoisotopic (exact) mass is 317 g/mol. The molecule has 18 heavy (non-hydrogen) atoms. The van der Waals surface area contributed by atoms with Crippen LogP contribution in [0.25, 0.3) is 0 Å². The summed E-state index contributed by atoms with van der Waals surface area (Å²) in [6.45, 7) is 2.63. The van der Waals surface area contributed by atoms with Crippen molar-refractivity contribution in [3.8, 4) is 5.75 Å². The van der Waals surface area contributed by atoms with E-state index in [0.717, 1.165) is 6.42 Å². The Labute approximate surface area is 115 Å². The van der Waals surface area contributed by atoms with Crippen molar-refractivity contribution in [3.05, 3.63) is 28.5 Å². The molecule has 0 spiro atoms. The molecule has 3 atom stereocenters. The molecule has 0 radical (unpaired) electrons. The minimum Gasteiger partial charge on any atom is -0.488 e. The first-order valence-corrected chi connectivity index (χ1v) is 6.85. The van der Waals surface area contributed by atoms with E-state index in [1.54, 1.807) is 12.1 Å². The van der Waals surface area contributed by atoms with E-state index in [-0.39, 0.29) is 18.0 Å². The fourth-order valence-corrected chi connectivity index (χ4v) is 2.48. The molecular formula is C13H17BrFNO2. The standard InChI is InChI=1S/C13H17BrFNO2/c1-3-17-13-11(16-2)7-12(13)18-8-4-5-10(15)9(14)6-8/h4-6,11-13,16H,3,7H2,1-2H3. The molecule has 1 aromatic rings. The minimum atomic E-state index is -0.287. The third-order valence-electron chi connectivity index (χ3n) is 3.16. The second kappa shape index (κ2) is 5.99. The highest BCUT2D eigenvalue weighted by Gasteiger charge is 2.42. The highest BCUT2D eigenvalue weighted by Crippen LogP contribution is 2.30. The molecule has 1 aliphatic carbocycles. The fourth-order valence-electron chi connectivity index (χ4n) is 2.12. The molecule has 0 heterocycles. The number of hydrogen-bond acceptors (Lipinski definition) is 3. The second-order valence-electron chi connectivity index (χ2n) is 4.28. The molecule has 1 aliphatic rings. The largest absolute Gasteiger partial charge is 0.488 e. The Morgan fingerprint density at radius 2 is 2.28 bits per heavy atom. The minimum absolute atomic E-state index is 0.0276. The molecular weight excluding hydrogens is 301 g/mol. The van der Waals surface area contributed by atoms with Gasteiger partial charge >= 0.3 is 0 Å². The summed E-state index contributed by atoms with van der Waals surface area (Å²) in [5.41, 5.74) is 0. The van der Waals surface area contributed by atoms with Gasteiger partial charge in [-0.2, -0.15) is 0 Å². The zero-order chi connectivity index (χ0) is 13.1. The van der Waals surface area contributed by atoms with Crippen LogP contribution in [0.2, 0.25) is 0 Å². The van der Waals surface area contributed by atoms with Crippen molar-refractivity contribution >= 4 is 15.9 Å². The van der Waals surface area contributed by atoms with Crippen LogP contribution in [0.15, 0.2) is 22.7 Å². The van der Waals surface area contributed by atoms with Crippen LogP contribution in [0.1, 0.15) is 13.3 Å². The molecule has 2 rings (SSSR count). The summed E-state index contributed by atoms with van der Waals surface area (Å²) in [4.78, 5) is 0. The number of rotatable bonds is 5. The summed E-state index contributed by atoms with van der Waals surface area (Å²) >= 11 is 3.15. The first-order valence-electron chi connectivity index (χ1n) is 6.06. The Kier molecular flexibility index (Phi) is 4.59. The van der Waals surface area contributed by atoms with Gasteiger partial charge in [0.05, 0.1) is 4.47 Å². The number of benzene rings is 1. The average molecular weight is 318 g/mol. The molecule has 0 bridgehead atoms. The summed E-state index contributed by atoms with van der Waals surface area (Å²) in [6.07, 6.45) is 0.986. The highest BCUT2D eigenvalue weighted by molar-refractivity contribution is 9.10. The lowest BCUT2D eigenvalue weighted by molar-refractivity contribution is -0.103. The quantitative estimate of drug-likeness (QED) is 0.905.